The van der Waals surface area contributed by atoms with Crippen LogP contribution >= 0.6 is 11.6 Å². The largest absolute Gasteiger partial charge is 0.312 e. The summed E-state index contributed by atoms with van der Waals surface area (Å²) >= 11 is 6.05. The molecule has 0 aromatic heterocycles. The fourth-order valence-corrected chi connectivity index (χ4v) is 2.46. The maximum Gasteiger partial charge on any atom is 0.275 e. The summed E-state index contributed by atoms with van der Waals surface area (Å²) in [5.41, 5.74) is 3.13. The fourth-order valence-electron chi connectivity index (χ4n) is 2.22. The van der Waals surface area contributed by atoms with Gasteiger partial charge in [-0.15, -0.1) is 0 Å². The van der Waals surface area contributed by atoms with Crippen molar-refractivity contribution in [3.05, 3.63) is 74.3 Å². The molecule has 0 spiro atoms. The predicted molar refractivity (Wildman–Crippen MR) is 84.7 cm³/mol. The first-order chi connectivity index (χ1) is 10.1. The Labute approximate surface area is 128 Å². The number of benzene rings is 2. The van der Waals surface area contributed by atoms with E-state index in [0.29, 0.717) is 17.1 Å². The van der Waals surface area contributed by atoms with Gasteiger partial charge in [0.25, 0.3) is 5.69 Å². The summed E-state index contributed by atoms with van der Waals surface area (Å²) in [7, 11) is 0. The van der Waals surface area contributed by atoms with Crippen molar-refractivity contribution in [1.82, 2.24) is 5.32 Å². The van der Waals surface area contributed by atoms with Gasteiger partial charge in [-0.2, -0.15) is 0 Å². The van der Waals surface area contributed by atoms with E-state index in [2.05, 4.69) is 24.4 Å². The van der Waals surface area contributed by atoms with Crippen LogP contribution in [0.1, 0.15) is 16.7 Å². The number of hydrogen-bond donors (Lipinski definition) is 1. The average molecular weight is 305 g/mol. The van der Waals surface area contributed by atoms with E-state index in [1.165, 1.54) is 17.2 Å². The topological polar surface area (TPSA) is 55.2 Å². The van der Waals surface area contributed by atoms with Crippen molar-refractivity contribution < 1.29 is 4.92 Å². The van der Waals surface area contributed by atoms with Gasteiger partial charge in [0.15, 0.2) is 0 Å². The van der Waals surface area contributed by atoms with E-state index in [1.54, 1.807) is 12.1 Å². The summed E-state index contributed by atoms with van der Waals surface area (Å²) in [4.78, 5) is 10.6. The second-order valence-electron chi connectivity index (χ2n) is 4.85. The summed E-state index contributed by atoms with van der Waals surface area (Å²) in [5.74, 6) is 0. The molecule has 0 aliphatic carbocycles. The smallest absolute Gasteiger partial charge is 0.275 e. The SMILES string of the molecule is Cc1ccccc1CCNCc1c(Cl)cccc1[N+](=O)[O-]. The van der Waals surface area contributed by atoms with Crippen LogP contribution in [-0.4, -0.2) is 11.5 Å². The average Bonchev–Trinajstić information content (AvgIpc) is 2.46. The molecule has 0 heterocycles. The summed E-state index contributed by atoms with van der Waals surface area (Å²) in [6.45, 7) is 3.21. The minimum absolute atomic E-state index is 0.0610. The molecule has 0 unspecified atom stereocenters. The molecular formula is C16H17ClN2O2. The highest BCUT2D eigenvalue weighted by atomic mass is 35.5. The highest BCUT2D eigenvalue weighted by Gasteiger charge is 2.15. The highest BCUT2D eigenvalue weighted by Crippen LogP contribution is 2.25. The number of nitrogens with one attached hydrogen (secondary N) is 1. The number of halogens is 1. The van der Waals surface area contributed by atoms with E-state index >= 15 is 0 Å². The molecule has 0 atom stereocenters. The zero-order valence-electron chi connectivity index (χ0n) is 11.8. The van der Waals surface area contributed by atoms with Gasteiger partial charge >= 0.3 is 0 Å². The van der Waals surface area contributed by atoms with E-state index in [4.69, 9.17) is 11.6 Å². The molecule has 0 saturated heterocycles. The van der Waals surface area contributed by atoms with Crippen LogP contribution < -0.4 is 5.32 Å². The van der Waals surface area contributed by atoms with Gasteiger partial charge in [-0.3, -0.25) is 10.1 Å². The second kappa shape index (κ2) is 7.20. The van der Waals surface area contributed by atoms with Crippen LogP contribution in [0.15, 0.2) is 42.5 Å². The van der Waals surface area contributed by atoms with Crippen LogP contribution in [0.4, 0.5) is 5.69 Å². The zero-order valence-corrected chi connectivity index (χ0v) is 12.6. The van der Waals surface area contributed by atoms with E-state index < -0.39 is 4.92 Å². The van der Waals surface area contributed by atoms with Crippen LogP contribution in [0, 0.1) is 17.0 Å². The number of hydrogen-bond acceptors (Lipinski definition) is 3. The van der Waals surface area contributed by atoms with Crippen molar-refractivity contribution in [1.29, 1.82) is 0 Å². The van der Waals surface area contributed by atoms with Crippen molar-refractivity contribution in [2.24, 2.45) is 0 Å². The molecule has 2 aromatic carbocycles. The molecule has 0 aliphatic heterocycles. The molecule has 0 saturated carbocycles. The standard InChI is InChI=1S/C16H17ClN2O2/c1-12-5-2-3-6-13(12)9-10-18-11-14-15(17)7-4-8-16(14)19(20)21/h2-8,18H,9-11H2,1H3. The maximum absolute atomic E-state index is 11.0. The van der Waals surface area contributed by atoms with Gasteiger partial charge in [0.05, 0.1) is 15.5 Å². The van der Waals surface area contributed by atoms with Gasteiger partial charge in [0, 0.05) is 12.6 Å². The molecule has 0 fully saturated rings. The summed E-state index contributed by atoms with van der Waals surface area (Å²) < 4.78 is 0. The molecule has 0 bridgehead atoms. The van der Waals surface area contributed by atoms with Crippen molar-refractivity contribution >= 4 is 17.3 Å². The lowest BCUT2D eigenvalue weighted by Gasteiger charge is -2.09. The molecule has 0 amide bonds. The number of rotatable bonds is 6. The van der Waals surface area contributed by atoms with Crippen molar-refractivity contribution in [2.75, 3.05) is 6.54 Å². The first-order valence-electron chi connectivity index (χ1n) is 6.76. The third-order valence-electron chi connectivity index (χ3n) is 3.42. The Bertz CT molecular complexity index is 644. The monoisotopic (exact) mass is 304 g/mol. The zero-order chi connectivity index (χ0) is 15.2. The molecule has 2 rings (SSSR count). The molecule has 110 valence electrons. The summed E-state index contributed by atoms with van der Waals surface area (Å²) in [6.07, 6.45) is 0.880. The van der Waals surface area contributed by atoms with E-state index in [9.17, 15) is 10.1 Å². The Morgan fingerprint density at radius 2 is 1.95 bits per heavy atom. The highest BCUT2D eigenvalue weighted by molar-refractivity contribution is 6.31. The molecule has 2 aromatic rings. The van der Waals surface area contributed by atoms with Crippen LogP contribution in [0.5, 0.6) is 0 Å². The first kappa shape index (κ1) is 15.5. The van der Waals surface area contributed by atoms with Gasteiger partial charge in [-0.05, 0) is 37.1 Å². The van der Waals surface area contributed by atoms with Gasteiger partial charge in [0.2, 0.25) is 0 Å². The molecular weight excluding hydrogens is 288 g/mol. The first-order valence-corrected chi connectivity index (χ1v) is 7.14. The van der Waals surface area contributed by atoms with Crippen LogP contribution in [0.3, 0.4) is 0 Å². The Hall–Kier alpha value is -1.91. The Morgan fingerprint density at radius 1 is 1.19 bits per heavy atom. The molecule has 1 N–H and O–H groups in total. The normalized spacial score (nSPS) is 10.6. The van der Waals surface area contributed by atoms with E-state index in [0.717, 1.165) is 13.0 Å². The third-order valence-corrected chi connectivity index (χ3v) is 3.78. The van der Waals surface area contributed by atoms with E-state index in [1.807, 2.05) is 12.1 Å². The number of nitrogens with zero attached hydrogens (tertiary/aromatic N) is 1. The fraction of sp³-hybridized carbons (Fsp3) is 0.250. The molecule has 4 nitrogen and oxygen atoms in total. The van der Waals surface area contributed by atoms with Gasteiger partial charge in [0.1, 0.15) is 0 Å². The van der Waals surface area contributed by atoms with Crippen molar-refractivity contribution in [2.45, 2.75) is 19.9 Å². The van der Waals surface area contributed by atoms with Crippen molar-refractivity contribution in [3.8, 4) is 0 Å². The maximum atomic E-state index is 11.0. The third kappa shape index (κ3) is 4.03. The lowest BCUT2D eigenvalue weighted by atomic mass is 10.1. The number of aryl methyl sites for hydroxylation is 1. The Balaban J connectivity index is 1.95. The molecule has 0 radical (unpaired) electrons. The lowest BCUT2D eigenvalue weighted by molar-refractivity contribution is -0.385. The predicted octanol–water partition coefficient (Wildman–Crippen LogP) is 3.89. The summed E-state index contributed by atoms with van der Waals surface area (Å²) in [6, 6.07) is 12.9. The van der Waals surface area contributed by atoms with Crippen LogP contribution in [0.25, 0.3) is 0 Å². The lowest BCUT2D eigenvalue weighted by Crippen LogP contribution is -2.18. The van der Waals surface area contributed by atoms with Gasteiger partial charge < -0.3 is 5.32 Å². The van der Waals surface area contributed by atoms with Crippen molar-refractivity contribution in [3.63, 3.8) is 0 Å². The molecule has 5 heteroatoms. The van der Waals surface area contributed by atoms with Crippen LogP contribution in [0.2, 0.25) is 5.02 Å². The number of nitro groups is 1. The molecule has 21 heavy (non-hydrogen) atoms. The quantitative estimate of drug-likeness (QED) is 0.500. The minimum Gasteiger partial charge on any atom is -0.312 e. The number of nitro benzene ring substituents is 1. The minimum atomic E-state index is -0.399. The van der Waals surface area contributed by atoms with Gasteiger partial charge in [-0.25, -0.2) is 0 Å². The Kier molecular flexibility index (Phi) is 5.31. The van der Waals surface area contributed by atoms with E-state index in [-0.39, 0.29) is 5.69 Å². The summed E-state index contributed by atoms with van der Waals surface area (Å²) in [5, 5.41) is 14.6. The Morgan fingerprint density at radius 3 is 2.67 bits per heavy atom. The van der Waals surface area contributed by atoms with Crippen LogP contribution in [-0.2, 0) is 13.0 Å². The van der Waals surface area contributed by atoms with Gasteiger partial charge in [-0.1, -0.05) is 41.9 Å². The molecule has 0 aliphatic rings. The second-order valence-corrected chi connectivity index (χ2v) is 5.26.